The highest BCUT2D eigenvalue weighted by Crippen LogP contribution is 2.29. The van der Waals surface area contributed by atoms with E-state index in [0.29, 0.717) is 12.1 Å². The first kappa shape index (κ1) is 11.5. The number of hydrogen-bond acceptors (Lipinski definition) is 4. The summed E-state index contributed by atoms with van der Waals surface area (Å²) in [5.41, 5.74) is 0.170. The summed E-state index contributed by atoms with van der Waals surface area (Å²) in [5.74, 6) is 0.939. The summed E-state index contributed by atoms with van der Waals surface area (Å²) < 4.78 is 1.94. The fraction of sp³-hybridized carbons (Fsp3) is 0.909. The number of aromatic nitrogens is 4. The van der Waals surface area contributed by atoms with Gasteiger partial charge in [0.05, 0.1) is 12.6 Å². The van der Waals surface area contributed by atoms with Gasteiger partial charge < -0.3 is 5.32 Å². The van der Waals surface area contributed by atoms with Crippen molar-refractivity contribution in [1.82, 2.24) is 25.5 Å². The fourth-order valence-electron chi connectivity index (χ4n) is 1.52. The number of tetrazole rings is 1. The molecule has 5 heteroatoms. The zero-order valence-corrected chi connectivity index (χ0v) is 10.6. The number of rotatable bonds is 4. The zero-order valence-electron chi connectivity index (χ0n) is 10.6. The lowest BCUT2D eigenvalue weighted by Gasteiger charge is -2.27. The van der Waals surface area contributed by atoms with Crippen molar-refractivity contribution in [2.45, 2.75) is 59.2 Å². The van der Waals surface area contributed by atoms with Crippen LogP contribution in [0.3, 0.4) is 0 Å². The second kappa shape index (κ2) is 4.13. The van der Waals surface area contributed by atoms with Crippen LogP contribution in [0.1, 0.15) is 52.4 Å². The van der Waals surface area contributed by atoms with Gasteiger partial charge in [-0.15, -0.1) is 5.10 Å². The minimum absolute atomic E-state index is 0.170. The Morgan fingerprint density at radius 2 is 2.12 bits per heavy atom. The van der Waals surface area contributed by atoms with Crippen LogP contribution in [0.5, 0.6) is 0 Å². The molecule has 1 saturated carbocycles. The first-order chi connectivity index (χ1) is 7.48. The van der Waals surface area contributed by atoms with Crippen LogP contribution in [0, 0.1) is 5.41 Å². The van der Waals surface area contributed by atoms with Crippen molar-refractivity contribution in [3.8, 4) is 0 Å². The molecule has 1 heterocycles. The quantitative estimate of drug-likeness (QED) is 0.841. The highest BCUT2D eigenvalue weighted by molar-refractivity contribution is 4.90. The molecule has 1 unspecified atom stereocenters. The van der Waals surface area contributed by atoms with Crippen molar-refractivity contribution in [3.63, 3.8) is 0 Å². The van der Waals surface area contributed by atoms with E-state index in [1.807, 2.05) is 4.68 Å². The molecule has 0 bridgehead atoms. The molecule has 90 valence electrons. The molecule has 1 N–H and O–H groups in total. The third-order valence-corrected chi connectivity index (χ3v) is 3.31. The zero-order chi connectivity index (χ0) is 11.8. The first-order valence-electron chi connectivity index (χ1n) is 5.98. The number of nitrogens with one attached hydrogen (secondary N) is 1. The third kappa shape index (κ3) is 2.58. The van der Waals surface area contributed by atoms with Crippen molar-refractivity contribution >= 4 is 0 Å². The molecule has 0 amide bonds. The summed E-state index contributed by atoms with van der Waals surface area (Å²) in [6, 6.07) is 0.994. The highest BCUT2D eigenvalue weighted by Gasteiger charge is 2.26. The Kier molecular flexibility index (Phi) is 2.97. The second-order valence-electron chi connectivity index (χ2n) is 5.74. The Bertz CT molecular complexity index is 348. The monoisotopic (exact) mass is 223 g/mol. The van der Waals surface area contributed by atoms with Crippen LogP contribution in [-0.4, -0.2) is 26.2 Å². The van der Waals surface area contributed by atoms with Crippen molar-refractivity contribution in [2.75, 3.05) is 0 Å². The SMILES string of the molecule is CC(n1nnnc1CNC1CC1)C(C)(C)C. The van der Waals surface area contributed by atoms with E-state index in [4.69, 9.17) is 0 Å². The minimum atomic E-state index is 0.170. The van der Waals surface area contributed by atoms with Crippen molar-refractivity contribution in [2.24, 2.45) is 5.41 Å². The summed E-state index contributed by atoms with van der Waals surface area (Å²) in [4.78, 5) is 0. The van der Waals surface area contributed by atoms with Gasteiger partial charge in [0.25, 0.3) is 0 Å². The van der Waals surface area contributed by atoms with E-state index in [1.54, 1.807) is 0 Å². The summed E-state index contributed by atoms with van der Waals surface area (Å²) >= 11 is 0. The number of hydrogen-bond donors (Lipinski definition) is 1. The van der Waals surface area contributed by atoms with Crippen LogP contribution in [0.4, 0.5) is 0 Å². The Hall–Kier alpha value is -0.970. The molecule has 1 fully saturated rings. The molecule has 1 aromatic rings. The molecule has 1 atom stereocenters. The van der Waals surface area contributed by atoms with E-state index in [9.17, 15) is 0 Å². The fourth-order valence-corrected chi connectivity index (χ4v) is 1.52. The molecular weight excluding hydrogens is 202 g/mol. The summed E-state index contributed by atoms with van der Waals surface area (Å²) in [5, 5.41) is 15.4. The van der Waals surface area contributed by atoms with E-state index in [0.717, 1.165) is 12.4 Å². The van der Waals surface area contributed by atoms with E-state index < -0.39 is 0 Å². The third-order valence-electron chi connectivity index (χ3n) is 3.31. The van der Waals surface area contributed by atoms with E-state index in [2.05, 4.69) is 48.5 Å². The van der Waals surface area contributed by atoms with E-state index in [1.165, 1.54) is 12.8 Å². The molecule has 1 aliphatic rings. The van der Waals surface area contributed by atoms with Gasteiger partial charge in [0, 0.05) is 6.04 Å². The smallest absolute Gasteiger partial charge is 0.165 e. The number of nitrogens with zero attached hydrogens (tertiary/aromatic N) is 4. The van der Waals surface area contributed by atoms with Crippen LogP contribution < -0.4 is 5.32 Å². The lowest BCUT2D eigenvalue weighted by atomic mass is 9.88. The molecular formula is C11H21N5. The molecule has 16 heavy (non-hydrogen) atoms. The second-order valence-corrected chi connectivity index (χ2v) is 5.74. The Morgan fingerprint density at radius 3 is 2.69 bits per heavy atom. The van der Waals surface area contributed by atoms with Gasteiger partial charge in [-0.25, -0.2) is 4.68 Å². The molecule has 1 aliphatic carbocycles. The predicted octanol–water partition coefficient (Wildman–Crippen LogP) is 1.53. The lowest BCUT2D eigenvalue weighted by molar-refractivity contribution is 0.235. The standard InChI is InChI=1S/C11H21N5/c1-8(11(2,3)4)16-10(13-14-15-16)7-12-9-5-6-9/h8-9,12H,5-7H2,1-4H3. The maximum Gasteiger partial charge on any atom is 0.165 e. The van der Waals surface area contributed by atoms with Gasteiger partial charge in [0.15, 0.2) is 5.82 Å². The molecule has 1 aromatic heterocycles. The summed E-state index contributed by atoms with van der Waals surface area (Å²) in [7, 11) is 0. The molecule has 0 saturated heterocycles. The molecule has 0 radical (unpaired) electrons. The van der Waals surface area contributed by atoms with Crippen molar-refractivity contribution in [3.05, 3.63) is 5.82 Å². The van der Waals surface area contributed by atoms with Crippen LogP contribution in [-0.2, 0) is 6.54 Å². The largest absolute Gasteiger partial charge is 0.307 e. The summed E-state index contributed by atoms with van der Waals surface area (Å²) in [6.07, 6.45) is 2.58. The molecule has 0 spiro atoms. The van der Waals surface area contributed by atoms with Gasteiger partial charge in [-0.3, -0.25) is 0 Å². The van der Waals surface area contributed by atoms with E-state index >= 15 is 0 Å². The minimum Gasteiger partial charge on any atom is -0.307 e. The van der Waals surface area contributed by atoms with Gasteiger partial charge in [0.1, 0.15) is 0 Å². The van der Waals surface area contributed by atoms with Gasteiger partial charge in [0.2, 0.25) is 0 Å². The van der Waals surface area contributed by atoms with Crippen LogP contribution in [0.2, 0.25) is 0 Å². The van der Waals surface area contributed by atoms with Crippen LogP contribution >= 0.6 is 0 Å². The predicted molar refractivity (Wildman–Crippen MR) is 61.8 cm³/mol. The molecule has 0 aromatic carbocycles. The normalized spacial score (nSPS) is 18.8. The van der Waals surface area contributed by atoms with Crippen LogP contribution in [0.25, 0.3) is 0 Å². The topological polar surface area (TPSA) is 55.6 Å². The Morgan fingerprint density at radius 1 is 1.44 bits per heavy atom. The van der Waals surface area contributed by atoms with Crippen LogP contribution in [0.15, 0.2) is 0 Å². The van der Waals surface area contributed by atoms with E-state index in [-0.39, 0.29) is 5.41 Å². The van der Waals surface area contributed by atoms with Gasteiger partial charge in [-0.2, -0.15) is 0 Å². The molecule has 5 nitrogen and oxygen atoms in total. The average Bonchev–Trinajstić information content (AvgIpc) is 2.91. The lowest BCUT2D eigenvalue weighted by Crippen LogP contribution is -2.27. The van der Waals surface area contributed by atoms with Gasteiger partial charge >= 0.3 is 0 Å². The van der Waals surface area contributed by atoms with Crippen molar-refractivity contribution in [1.29, 1.82) is 0 Å². The van der Waals surface area contributed by atoms with Gasteiger partial charge in [-0.1, -0.05) is 20.8 Å². The molecule has 2 rings (SSSR count). The summed E-state index contributed by atoms with van der Waals surface area (Å²) in [6.45, 7) is 9.56. The maximum atomic E-state index is 4.10. The first-order valence-corrected chi connectivity index (χ1v) is 5.98. The Balaban J connectivity index is 2.05. The maximum absolute atomic E-state index is 4.10. The molecule has 0 aliphatic heterocycles. The average molecular weight is 223 g/mol. The Labute approximate surface area is 96.6 Å². The van der Waals surface area contributed by atoms with Gasteiger partial charge in [-0.05, 0) is 35.6 Å². The van der Waals surface area contributed by atoms with Crippen molar-refractivity contribution < 1.29 is 0 Å². The highest BCUT2D eigenvalue weighted by atomic mass is 15.6.